The molecule has 0 fully saturated rings. The van der Waals surface area contributed by atoms with Crippen molar-refractivity contribution >= 4 is 34.0 Å². The van der Waals surface area contributed by atoms with Crippen LogP contribution < -0.4 is 20.1 Å². The fourth-order valence-corrected chi connectivity index (χ4v) is 3.33. The molecular weight excluding hydrogens is 368 g/mol. The Hall–Kier alpha value is -3.54. The smallest absolute Gasteiger partial charge is 0.265 e. The molecule has 3 aromatic rings. The van der Waals surface area contributed by atoms with E-state index in [9.17, 15) is 9.59 Å². The first-order valence-corrected chi connectivity index (χ1v) is 9.45. The molecule has 0 saturated heterocycles. The number of rotatable bonds is 4. The van der Waals surface area contributed by atoms with Crippen molar-refractivity contribution in [2.24, 2.45) is 0 Å². The van der Waals surface area contributed by atoms with Crippen molar-refractivity contribution in [1.82, 2.24) is 0 Å². The van der Waals surface area contributed by atoms with Gasteiger partial charge >= 0.3 is 0 Å². The summed E-state index contributed by atoms with van der Waals surface area (Å²) in [7, 11) is 1.64. The molecule has 0 bridgehead atoms. The first-order chi connectivity index (χ1) is 13.9. The highest BCUT2D eigenvalue weighted by atomic mass is 16.5. The van der Waals surface area contributed by atoms with E-state index in [1.165, 1.54) is 0 Å². The zero-order chi connectivity index (χ0) is 20.5. The minimum Gasteiger partial charge on any atom is -0.497 e. The highest BCUT2D eigenvalue weighted by Crippen LogP contribution is 2.33. The Morgan fingerprint density at radius 2 is 1.86 bits per heavy atom. The molecule has 148 valence electrons. The number of carbonyl (C=O) groups excluding carboxylic acids is 2. The first kappa shape index (κ1) is 18.8. The number of methoxy groups -OCH3 is 1. The molecule has 2 amide bonds. The van der Waals surface area contributed by atoms with E-state index in [4.69, 9.17) is 9.47 Å². The topological polar surface area (TPSA) is 76.7 Å². The fourth-order valence-electron chi connectivity index (χ4n) is 3.33. The Balaban J connectivity index is 1.52. The summed E-state index contributed by atoms with van der Waals surface area (Å²) in [6, 6.07) is 17.0. The first-order valence-electron chi connectivity index (χ1n) is 9.45. The number of ether oxygens (including phenoxy) is 2. The van der Waals surface area contributed by atoms with E-state index >= 15 is 0 Å². The number of benzene rings is 3. The van der Waals surface area contributed by atoms with Crippen molar-refractivity contribution in [3.05, 3.63) is 60.2 Å². The average Bonchev–Trinajstić information content (AvgIpc) is 2.73. The van der Waals surface area contributed by atoms with E-state index in [1.807, 2.05) is 43.3 Å². The third-order valence-corrected chi connectivity index (χ3v) is 5.14. The maximum Gasteiger partial charge on any atom is 0.265 e. The van der Waals surface area contributed by atoms with Crippen LogP contribution in [0.15, 0.2) is 54.6 Å². The van der Waals surface area contributed by atoms with E-state index in [2.05, 4.69) is 10.6 Å². The monoisotopic (exact) mass is 390 g/mol. The van der Waals surface area contributed by atoms with E-state index in [0.717, 1.165) is 22.1 Å². The summed E-state index contributed by atoms with van der Waals surface area (Å²) in [5, 5.41) is 7.81. The summed E-state index contributed by atoms with van der Waals surface area (Å²) in [5.41, 5.74) is 2.08. The van der Waals surface area contributed by atoms with Crippen LogP contribution in [-0.2, 0) is 9.59 Å². The van der Waals surface area contributed by atoms with Gasteiger partial charge in [0.2, 0.25) is 5.91 Å². The van der Waals surface area contributed by atoms with Crippen LogP contribution in [0, 0.1) is 0 Å². The summed E-state index contributed by atoms with van der Waals surface area (Å²) in [6.45, 7) is 3.56. The lowest BCUT2D eigenvalue weighted by Crippen LogP contribution is -2.34. The predicted octanol–water partition coefficient (Wildman–Crippen LogP) is 4.31. The van der Waals surface area contributed by atoms with Crippen LogP contribution in [0.2, 0.25) is 0 Å². The second-order valence-electron chi connectivity index (χ2n) is 7.14. The third kappa shape index (κ3) is 3.74. The molecule has 6 nitrogen and oxygen atoms in total. The molecule has 6 heteroatoms. The number of amides is 2. The normalized spacial score (nSPS) is 16.4. The van der Waals surface area contributed by atoms with Crippen LogP contribution in [0.5, 0.6) is 11.5 Å². The third-order valence-electron chi connectivity index (χ3n) is 5.14. The van der Waals surface area contributed by atoms with Gasteiger partial charge in [0.05, 0.1) is 18.7 Å². The van der Waals surface area contributed by atoms with Crippen molar-refractivity contribution in [3.8, 4) is 11.5 Å². The highest BCUT2D eigenvalue weighted by molar-refractivity contribution is 6.00. The SMILES string of the molecule is COc1ccc2cc([C@H](C)C(=O)Nc3ccc4c(c3)NC(=O)[C@@H](C)O4)ccc2c1. The van der Waals surface area contributed by atoms with Gasteiger partial charge < -0.3 is 20.1 Å². The number of fused-ring (bicyclic) bond motifs is 2. The zero-order valence-corrected chi connectivity index (χ0v) is 16.5. The van der Waals surface area contributed by atoms with Crippen LogP contribution in [0.25, 0.3) is 10.8 Å². The Bertz CT molecular complexity index is 1110. The maximum atomic E-state index is 12.8. The molecule has 3 aromatic carbocycles. The molecule has 0 saturated carbocycles. The fraction of sp³-hybridized carbons (Fsp3) is 0.217. The van der Waals surface area contributed by atoms with Crippen LogP contribution in [-0.4, -0.2) is 25.0 Å². The molecule has 0 radical (unpaired) electrons. The van der Waals surface area contributed by atoms with Crippen LogP contribution in [0.4, 0.5) is 11.4 Å². The highest BCUT2D eigenvalue weighted by Gasteiger charge is 2.24. The number of hydrogen-bond acceptors (Lipinski definition) is 4. The molecule has 29 heavy (non-hydrogen) atoms. The van der Waals surface area contributed by atoms with Gasteiger partial charge in [-0.25, -0.2) is 0 Å². The van der Waals surface area contributed by atoms with Gasteiger partial charge in [-0.15, -0.1) is 0 Å². The van der Waals surface area contributed by atoms with Gasteiger partial charge in [0.15, 0.2) is 6.10 Å². The second-order valence-corrected chi connectivity index (χ2v) is 7.14. The van der Waals surface area contributed by atoms with Crippen molar-refractivity contribution in [3.63, 3.8) is 0 Å². The van der Waals surface area contributed by atoms with Crippen molar-refractivity contribution in [2.45, 2.75) is 25.9 Å². The number of hydrogen-bond donors (Lipinski definition) is 2. The van der Waals surface area contributed by atoms with E-state index in [0.29, 0.717) is 17.1 Å². The van der Waals surface area contributed by atoms with Gasteiger partial charge in [0.1, 0.15) is 11.5 Å². The minimum atomic E-state index is -0.532. The number of nitrogens with one attached hydrogen (secondary N) is 2. The molecule has 0 aromatic heterocycles. The molecule has 0 spiro atoms. The summed E-state index contributed by atoms with van der Waals surface area (Å²) < 4.78 is 10.8. The standard InChI is InChI=1S/C23H22N2O4/c1-13(15-4-5-17-11-19(28-3)8-6-16(17)10-15)22(26)24-18-7-9-21-20(12-18)25-23(27)14(2)29-21/h4-14H,1-3H3,(H,24,26)(H,25,27)/t13-,14+/m0/s1. The van der Waals surface area contributed by atoms with Gasteiger partial charge in [-0.3, -0.25) is 9.59 Å². The molecule has 4 rings (SSSR count). The molecule has 1 aliphatic rings. The summed E-state index contributed by atoms with van der Waals surface area (Å²) >= 11 is 0. The molecule has 2 atom stereocenters. The van der Waals surface area contributed by atoms with Crippen LogP contribution in [0.1, 0.15) is 25.3 Å². The largest absolute Gasteiger partial charge is 0.497 e. The molecule has 1 heterocycles. The molecule has 1 aliphatic heterocycles. The maximum absolute atomic E-state index is 12.8. The average molecular weight is 390 g/mol. The summed E-state index contributed by atoms with van der Waals surface area (Å²) in [4.78, 5) is 24.6. The molecule has 2 N–H and O–H groups in total. The number of carbonyl (C=O) groups is 2. The van der Waals surface area contributed by atoms with E-state index in [1.54, 1.807) is 32.2 Å². The molecular formula is C23H22N2O4. The van der Waals surface area contributed by atoms with Gasteiger partial charge in [-0.05, 0) is 60.5 Å². The van der Waals surface area contributed by atoms with Gasteiger partial charge in [-0.1, -0.05) is 24.3 Å². The Morgan fingerprint density at radius 3 is 2.66 bits per heavy atom. The minimum absolute atomic E-state index is 0.130. The van der Waals surface area contributed by atoms with Crippen molar-refractivity contribution < 1.29 is 19.1 Å². The molecule has 0 aliphatic carbocycles. The summed E-state index contributed by atoms with van der Waals surface area (Å²) in [6.07, 6.45) is -0.532. The Labute approximate surface area is 168 Å². The van der Waals surface area contributed by atoms with Gasteiger partial charge in [0, 0.05) is 5.69 Å². The lowest BCUT2D eigenvalue weighted by atomic mass is 9.97. The lowest BCUT2D eigenvalue weighted by molar-refractivity contribution is -0.122. The van der Waals surface area contributed by atoms with Crippen LogP contribution >= 0.6 is 0 Å². The summed E-state index contributed by atoms with van der Waals surface area (Å²) in [5.74, 6) is 0.710. The number of anilines is 2. The lowest BCUT2D eigenvalue weighted by Gasteiger charge is -2.24. The zero-order valence-electron chi connectivity index (χ0n) is 16.5. The van der Waals surface area contributed by atoms with Gasteiger partial charge in [0.25, 0.3) is 5.91 Å². The van der Waals surface area contributed by atoms with E-state index in [-0.39, 0.29) is 17.7 Å². The second kappa shape index (κ2) is 7.47. The quantitative estimate of drug-likeness (QED) is 0.696. The Kier molecular flexibility index (Phi) is 4.84. The van der Waals surface area contributed by atoms with Crippen molar-refractivity contribution in [2.75, 3.05) is 17.7 Å². The predicted molar refractivity (Wildman–Crippen MR) is 113 cm³/mol. The van der Waals surface area contributed by atoms with Gasteiger partial charge in [-0.2, -0.15) is 0 Å². The van der Waals surface area contributed by atoms with E-state index < -0.39 is 6.10 Å². The molecule has 0 unspecified atom stereocenters. The van der Waals surface area contributed by atoms with Crippen LogP contribution in [0.3, 0.4) is 0 Å². The van der Waals surface area contributed by atoms with Crippen molar-refractivity contribution in [1.29, 1.82) is 0 Å². The Morgan fingerprint density at radius 1 is 1.10 bits per heavy atom.